The van der Waals surface area contributed by atoms with E-state index in [1.807, 2.05) is 31.0 Å². The first-order valence-corrected chi connectivity index (χ1v) is 10.9. The number of anilines is 1. The van der Waals surface area contributed by atoms with E-state index < -0.39 is 5.41 Å². The van der Waals surface area contributed by atoms with Crippen molar-refractivity contribution in [2.24, 2.45) is 0 Å². The Morgan fingerprint density at radius 3 is 2.84 bits per heavy atom. The van der Waals surface area contributed by atoms with Crippen LogP contribution in [0.5, 0.6) is 0 Å². The molecule has 6 heteroatoms. The van der Waals surface area contributed by atoms with Crippen molar-refractivity contribution in [3.8, 4) is 0 Å². The molecule has 0 bridgehead atoms. The Kier molecular flexibility index (Phi) is 4.70. The number of nitrogens with one attached hydrogen (secondary N) is 1. The Morgan fingerprint density at radius 2 is 2.00 bits per heavy atom. The molecule has 5 rings (SSSR count). The van der Waals surface area contributed by atoms with Crippen molar-refractivity contribution in [3.63, 3.8) is 0 Å². The zero-order chi connectivity index (χ0) is 21.8. The van der Waals surface area contributed by atoms with Gasteiger partial charge in [0.05, 0.1) is 11.5 Å². The molecule has 2 amide bonds. The van der Waals surface area contributed by atoms with Gasteiger partial charge in [-0.15, -0.1) is 0 Å². The number of amides is 2. The van der Waals surface area contributed by atoms with Crippen LogP contribution in [0.2, 0.25) is 0 Å². The van der Waals surface area contributed by atoms with Gasteiger partial charge in [0.25, 0.3) is 0 Å². The van der Waals surface area contributed by atoms with Gasteiger partial charge in [-0.2, -0.15) is 0 Å². The molecule has 31 heavy (non-hydrogen) atoms. The van der Waals surface area contributed by atoms with Gasteiger partial charge in [-0.3, -0.25) is 14.5 Å². The fraction of sp³-hybridized carbons (Fsp3) is 0.400. The van der Waals surface area contributed by atoms with E-state index in [1.54, 1.807) is 6.20 Å². The largest absolute Gasteiger partial charge is 0.334 e. The molecule has 6 nitrogen and oxygen atoms in total. The zero-order valence-corrected chi connectivity index (χ0v) is 18.3. The van der Waals surface area contributed by atoms with Crippen molar-refractivity contribution in [1.29, 1.82) is 0 Å². The highest BCUT2D eigenvalue weighted by Crippen LogP contribution is 2.46. The maximum absolute atomic E-state index is 12.9. The molecule has 2 aliphatic heterocycles. The molecule has 3 atom stereocenters. The molecule has 3 aliphatic rings. The SMILES string of the molecule is CC1C(=O)N(C/C=C/c2ccc3c(c2)CC2(C3)C(=O)Nc3ncccc32)C(C)CN1C. The summed E-state index contributed by atoms with van der Waals surface area (Å²) in [6.07, 6.45) is 7.27. The minimum Gasteiger partial charge on any atom is -0.334 e. The number of carbonyl (C=O) groups excluding carboxylic acids is 2. The molecule has 160 valence electrons. The molecule has 1 aromatic heterocycles. The third-order valence-electron chi connectivity index (χ3n) is 7.20. The van der Waals surface area contributed by atoms with Crippen molar-refractivity contribution >= 4 is 23.7 Å². The minimum absolute atomic E-state index is 0.0474. The van der Waals surface area contributed by atoms with Crippen LogP contribution in [0.1, 0.15) is 36.1 Å². The maximum atomic E-state index is 12.9. The van der Waals surface area contributed by atoms with E-state index in [0.717, 1.165) is 17.7 Å². The highest BCUT2D eigenvalue weighted by Gasteiger charge is 2.50. The average molecular weight is 417 g/mol. The number of piperazine rings is 1. The number of carbonyl (C=O) groups is 2. The van der Waals surface area contributed by atoms with Gasteiger partial charge in [-0.25, -0.2) is 4.98 Å². The van der Waals surface area contributed by atoms with Gasteiger partial charge in [-0.05, 0) is 56.5 Å². The summed E-state index contributed by atoms with van der Waals surface area (Å²) in [5, 5.41) is 2.96. The van der Waals surface area contributed by atoms with E-state index in [1.165, 1.54) is 11.1 Å². The molecule has 1 aromatic carbocycles. The Labute approximate surface area is 183 Å². The quantitative estimate of drug-likeness (QED) is 0.836. The van der Waals surface area contributed by atoms with Crippen molar-refractivity contribution in [1.82, 2.24) is 14.8 Å². The van der Waals surface area contributed by atoms with Gasteiger partial charge in [0.2, 0.25) is 11.8 Å². The average Bonchev–Trinajstić information content (AvgIpc) is 3.26. The van der Waals surface area contributed by atoms with Crippen molar-refractivity contribution in [3.05, 3.63) is 64.9 Å². The van der Waals surface area contributed by atoms with Crippen LogP contribution in [0.4, 0.5) is 5.82 Å². The number of benzene rings is 1. The van der Waals surface area contributed by atoms with E-state index in [-0.39, 0.29) is 23.9 Å². The van der Waals surface area contributed by atoms with E-state index in [0.29, 0.717) is 25.2 Å². The van der Waals surface area contributed by atoms with E-state index in [9.17, 15) is 9.59 Å². The Bertz CT molecular complexity index is 1090. The Balaban J connectivity index is 1.33. The summed E-state index contributed by atoms with van der Waals surface area (Å²) < 4.78 is 0. The van der Waals surface area contributed by atoms with Gasteiger partial charge < -0.3 is 10.2 Å². The standard InChI is InChI=1S/C25H28N4O2/c1-16-15-28(3)17(2)23(30)29(16)11-5-6-18-8-9-19-13-25(14-20(19)12-18)21-7-4-10-26-22(21)27-24(25)31/h4-10,12,16-17H,11,13-15H2,1-3H3,(H,26,27,31)/b6-5+. The van der Waals surface area contributed by atoms with E-state index in [4.69, 9.17) is 0 Å². The number of nitrogens with zero attached hydrogens (tertiary/aromatic N) is 3. The van der Waals surface area contributed by atoms with Crippen LogP contribution in [-0.2, 0) is 27.8 Å². The van der Waals surface area contributed by atoms with E-state index >= 15 is 0 Å². The van der Waals surface area contributed by atoms with Crippen LogP contribution >= 0.6 is 0 Å². The summed E-state index contributed by atoms with van der Waals surface area (Å²) in [7, 11) is 2.00. The number of hydrogen-bond donors (Lipinski definition) is 1. The summed E-state index contributed by atoms with van der Waals surface area (Å²) >= 11 is 0. The lowest BCUT2D eigenvalue weighted by molar-refractivity contribution is -0.142. The van der Waals surface area contributed by atoms with Gasteiger partial charge >= 0.3 is 0 Å². The predicted molar refractivity (Wildman–Crippen MR) is 121 cm³/mol. The molecule has 1 N–H and O–H groups in total. The molecular weight excluding hydrogens is 388 g/mol. The second kappa shape index (κ2) is 7.31. The first-order valence-electron chi connectivity index (χ1n) is 10.9. The van der Waals surface area contributed by atoms with Gasteiger partial charge in [-0.1, -0.05) is 36.4 Å². The molecule has 1 fully saturated rings. The van der Waals surface area contributed by atoms with Crippen LogP contribution in [0.3, 0.4) is 0 Å². The van der Waals surface area contributed by atoms with Crippen molar-refractivity contribution < 1.29 is 9.59 Å². The van der Waals surface area contributed by atoms with Gasteiger partial charge in [0.1, 0.15) is 5.82 Å². The summed E-state index contributed by atoms with van der Waals surface area (Å²) in [5.41, 5.74) is 4.01. The molecule has 3 heterocycles. The van der Waals surface area contributed by atoms with Gasteiger partial charge in [0.15, 0.2) is 0 Å². The van der Waals surface area contributed by atoms with Crippen LogP contribution in [0.25, 0.3) is 6.08 Å². The minimum atomic E-state index is -0.536. The second-order valence-electron chi connectivity index (χ2n) is 9.18. The molecule has 1 spiro atoms. The summed E-state index contributed by atoms with van der Waals surface area (Å²) in [5.74, 6) is 0.924. The lowest BCUT2D eigenvalue weighted by atomic mass is 9.79. The molecule has 1 saturated heterocycles. The second-order valence-corrected chi connectivity index (χ2v) is 9.18. The monoisotopic (exact) mass is 416 g/mol. The molecule has 3 unspecified atom stereocenters. The zero-order valence-electron chi connectivity index (χ0n) is 18.3. The normalized spacial score (nSPS) is 27.8. The molecule has 2 aromatic rings. The molecule has 0 saturated carbocycles. The molecule has 1 aliphatic carbocycles. The lowest BCUT2D eigenvalue weighted by Crippen LogP contribution is -2.58. The van der Waals surface area contributed by atoms with Crippen LogP contribution in [0.15, 0.2) is 42.6 Å². The van der Waals surface area contributed by atoms with Crippen molar-refractivity contribution in [2.75, 3.05) is 25.5 Å². The first-order chi connectivity index (χ1) is 14.9. The molecular formula is C25H28N4O2. The smallest absolute Gasteiger partial charge is 0.240 e. The van der Waals surface area contributed by atoms with E-state index in [2.05, 4.69) is 52.5 Å². The third-order valence-corrected chi connectivity index (χ3v) is 7.20. The Hall–Kier alpha value is -2.99. The fourth-order valence-corrected chi connectivity index (χ4v) is 5.28. The fourth-order valence-electron chi connectivity index (χ4n) is 5.28. The van der Waals surface area contributed by atoms with Gasteiger partial charge in [0, 0.05) is 30.9 Å². The first kappa shape index (κ1) is 19.9. The third kappa shape index (κ3) is 3.17. The van der Waals surface area contributed by atoms with Crippen LogP contribution in [-0.4, -0.2) is 58.8 Å². The number of aromatic nitrogens is 1. The topological polar surface area (TPSA) is 65.5 Å². The number of likely N-dealkylation sites (N-methyl/N-ethyl adjacent to an activating group) is 1. The van der Waals surface area contributed by atoms with Crippen molar-refractivity contribution in [2.45, 2.75) is 44.2 Å². The Morgan fingerprint density at radius 1 is 1.19 bits per heavy atom. The summed E-state index contributed by atoms with van der Waals surface area (Å²) in [6.45, 7) is 5.57. The number of rotatable bonds is 3. The van der Waals surface area contributed by atoms with Crippen LogP contribution < -0.4 is 5.32 Å². The number of pyridine rings is 1. The predicted octanol–water partition coefficient (Wildman–Crippen LogP) is 2.63. The summed E-state index contributed by atoms with van der Waals surface area (Å²) in [4.78, 5) is 33.9. The number of hydrogen-bond acceptors (Lipinski definition) is 4. The highest BCUT2D eigenvalue weighted by atomic mass is 16.2. The molecule has 0 radical (unpaired) electrons. The maximum Gasteiger partial charge on any atom is 0.240 e. The van der Waals surface area contributed by atoms with Crippen LogP contribution in [0, 0.1) is 0 Å². The highest BCUT2D eigenvalue weighted by molar-refractivity contribution is 6.06. The lowest BCUT2D eigenvalue weighted by Gasteiger charge is -2.41. The number of fused-ring (bicyclic) bond motifs is 3. The summed E-state index contributed by atoms with van der Waals surface area (Å²) in [6, 6.07) is 10.5.